The molecule has 4 aromatic rings. The highest BCUT2D eigenvalue weighted by Crippen LogP contribution is 2.31. The number of aliphatic imine (C=N–C) groups is 1. The van der Waals surface area contributed by atoms with Gasteiger partial charge in [-0.05, 0) is 36.4 Å². The van der Waals surface area contributed by atoms with Crippen molar-refractivity contribution in [2.75, 3.05) is 0 Å². The lowest BCUT2D eigenvalue weighted by atomic mass is 10.2. The molecule has 0 unspecified atom stereocenters. The summed E-state index contributed by atoms with van der Waals surface area (Å²) in [7, 11) is 0. The minimum Gasteiger partial charge on any atom is -0.508 e. The fourth-order valence-corrected chi connectivity index (χ4v) is 2.46. The first-order valence-corrected chi connectivity index (χ1v) is 7.29. The number of furan rings is 1. The number of benzene rings is 1. The zero-order chi connectivity index (χ0) is 16.5. The zero-order valence-corrected chi connectivity index (χ0v) is 12.5. The zero-order valence-electron chi connectivity index (χ0n) is 12.5. The largest absolute Gasteiger partial charge is 0.508 e. The van der Waals surface area contributed by atoms with Gasteiger partial charge in [-0.15, -0.1) is 0 Å². The predicted molar refractivity (Wildman–Crippen MR) is 89.9 cm³/mol. The molecule has 0 bridgehead atoms. The fourth-order valence-electron chi connectivity index (χ4n) is 2.46. The van der Waals surface area contributed by atoms with Gasteiger partial charge in [-0.3, -0.25) is 4.40 Å². The maximum Gasteiger partial charge on any atom is 0.168 e. The van der Waals surface area contributed by atoms with Crippen LogP contribution < -0.4 is 0 Å². The summed E-state index contributed by atoms with van der Waals surface area (Å²) in [5.41, 5.74) is 1.84. The van der Waals surface area contributed by atoms with Gasteiger partial charge in [-0.2, -0.15) is 0 Å². The van der Waals surface area contributed by atoms with Gasteiger partial charge in [0.15, 0.2) is 17.3 Å². The Kier molecular flexibility index (Phi) is 3.28. The molecule has 6 heteroatoms. The van der Waals surface area contributed by atoms with E-state index >= 15 is 0 Å². The third-order valence-electron chi connectivity index (χ3n) is 3.60. The molecule has 0 amide bonds. The van der Waals surface area contributed by atoms with Crippen LogP contribution in [0.3, 0.4) is 0 Å². The highest BCUT2D eigenvalue weighted by Gasteiger charge is 2.15. The maximum atomic E-state index is 9.89. The maximum absolute atomic E-state index is 9.89. The topological polar surface area (TPSA) is 83.3 Å². The third-order valence-corrected chi connectivity index (χ3v) is 3.60. The Hall–Kier alpha value is -3.54. The molecule has 4 rings (SSSR count). The van der Waals surface area contributed by atoms with E-state index in [2.05, 4.69) is 9.98 Å². The van der Waals surface area contributed by atoms with Gasteiger partial charge in [0.2, 0.25) is 0 Å². The number of aromatic hydroxyl groups is 2. The van der Waals surface area contributed by atoms with Crippen molar-refractivity contribution < 1.29 is 14.6 Å². The molecule has 0 fully saturated rings. The van der Waals surface area contributed by atoms with Gasteiger partial charge in [0.05, 0.1) is 6.26 Å². The molecule has 24 heavy (non-hydrogen) atoms. The number of imidazole rings is 1. The molecule has 0 aliphatic heterocycles. The summed E-state index contributed by atoms with van der Waals surface area (Å²) in [6, 6.07) is 13.6. The van der Waals surface area contributed by atoms with Crippen molar-refractivity contribution in [2.24, 2.45) is 4.99 Å². The number of hydrogen-bond acceptors (Lipinski definition) is 5. The van der Waals surface area contributed by atoms with Gasteiger partial charge in [-0.1, -0.05) is 6.07 Å². The van der Waals surface area contributed by atoms with Gasteiger partial charge in [0, 0.05) is 24.0 Å². The molecule has 0 spiro atoms. The number of aromatic nitrogens is 2. The van der Waals surface area contributed by atoms with Gasteiger partial charge < -0.3 is 14.6 Å². The molecule has 0 aliphatic carbocycles. The van der Waals surface area contributed by atoms with Gasteiger partial charge in [0.25, 0.3) is 0 Å². The highest BCUT2D eigenvalue weighted by molar-refractivity contribution is 5.87. The van der Waals surface area contributed by atoms with E-state index in [1.807, 2.05) is 34.9 Å². The van der Waals surface area contributed by atoms with E-state index in [9.17, 15) is 10.2 Å². The van der Waals surface area contributed by atoms with Gasteiger partial charge in [-0.25, -0.2) is 9.98 Å². The minimum absolute atomic E-state index is 0.00396. The third kappa shape index (κ3) is 2.40. The van der Waals surface area contributed by atoms with Crippen LogP contribution in [-0.4, -0.2) is 25.8 Å². The van der Waals surface area contributed by atoms with Crippen LogP contribution in [0.25, 0.3) is 17.1 Å². The second-order valence-corrected chi connectivity index (χ2v) is 5.19. The molecule has 6 nitrogen and oxygen atoms in total. The van der Waals surface area contributed by atoms with E-state index in [0.29, 0.717) is 22.8 Å². The van der Waals surface area contributed by atoms with Crippen LogP contribution in [0.4, 0.5) is 5.82 Å². The van der Waals surface area contributed by atoms with Crippen molar-refractivity contribution in [1.82, 2.24) is 9.38 Å². The van der Waals surface area contributed by atoms with Crippen molar-refractivity contribution in [1.29, 1.82) is 0 Å². The second-order valence-electron chi connectivity index (χ2n) is 5.19. The molecule has 2 N–H and O–H groups in total. The van der Waals surface area contributed by atoms with Crippen molar-refractivity contribution in [3.8, 4) is 23.0 Å². The lowest BCUT2D eigenvalue weighted by Gasteiger charge is -2.00. The quantitative estimate of drug-likeness (QED) is 0.563. The van der Waals surface area contributed by atoms with Gasteiger partial charge >= 0.3 is 0 Å². The first kappa shape index (κ1) is 14.1. The van der Waals surface area contributed by atoms with Crippen LogP contribution in [-0.2, 0) is 0 Å². The second kappa shape index (κ2) is 5.58. The van der Waals surface area contributed by atoms with Crippen molar-refractivity contribution in [2.45, 2.75) is 0 Å². The van der Waals surface area contributed by atoms with E-state index in [1.165, 1.54) is 18.3 Å². The summed E-state index contributed by atoms with van der Waals surface area (Å²) in [6.07, 6.45) is 4.97. The number of fused-ring (bicyclic) bond motifs is 1. The molecular formula is C18H13N3O3. The Morgan fingerprint density at radius 2 is 2.00 bits per heavy atom. The monoisotopic (exact) mass is 319 g/mol. The standard InChI is InChI=1S/C18H13N3O3/c22-13-7-6-12(14(23)10-13)11-19-18-17(15-4-3-9-24-15)20-16-5-1-2-8-21(16)18/h1-11,22-23H/b19-11+. The van der Waals surface area contributed by atoms with E-state index in [4.69, 9.17) is 4.42 Å². The fraction of sp³-hybridized carbons (Fsp3) is 0. The summed E-state index contributed by atoms with van der Waals surface area (Å²) in [6.45, 7) is 0. The molecule has 0 radical (unpaired) electrons. The number of phenolic OH excluding ortho intramolecular Hbond substituents is 2. The van der Waals surface area contributed by atoms with Crippen LogP contribution in [0.15, 0.2) is 70.4 Å². The van der Waals surface area contributed by atoms with Crippen LogP contribution in [0.2, 0.25) is 0 Å². The number of nitrogens with zero attached hydrogens (tertiary/aromatic N) is 3. The predicted octanol–water partition coefficient (Wildman–Crippen LogP) is 3.76. The first-order valence-electron chi connectivity index (χ1n) is 7.29. The molecule has 3 aromatic heterocycles. The molecule has 0 aliphatic rings. The first-order chi connectivity index (χ1) is 11.7. The summed E-state index contributed by atoms with van der Waals surface area (Å²) in [5, 5.41) is 19.3. The number of phenols is 2. The molecule has 0 saturated carbocycles. The number of hydrogen-bond donors (Lipinski definition) is 2. The molecule has 1 aromatic carbocycles. The summed E-state index contributed by atoms with van der Waals surface area (Å²) in [5.74, 6) is 1.15. The highest BCUT2D eigenvalue weighted by atomic mass is 16.3. The van der Waals surface area contributed by atoms with Crippen LogP contribution in [0.5, 0.6) is 11.5 Å². The molecular weight excluding hydrogens is 306 g/mol. The van der Waals surface area contributed by atoms with Crippen LogP contribution in [0, 0.1) is 0 Å². The van der Waals surface area contributed by atoms with E-state index in [-0.39, 0.29) is 11.5 Å². The Balaban J connectivity index is 1.86. The molecule has 3 heterocycles. The summed E-state index contributed by atoms with van der Waals surface area (Å²) in [4.78, 5) is 9.04. The van der Waals surface area contributed by atoms with Crippen molar-refractivity contribution in [3.05, 3.63) is 66.6 Å². The Morgan fingerprint density at radius 1 is 1.08 bits per heavy atom. The van der Waals surface area contributed by atoms with E-state index in [1.54, 1.807) is 18.4 Å². The smallest absolute Gasteiger partial charge is 0.168 e. The number of rotatable bonds is 3. The van der Waals surface area contributed by atoms with Crippen LogP contribution in [0.1, 0.15) is 5.56 Å². The van der Waals surface area contributed by atoms with E-state index in [0.717, 1.165) is 5.65 Å². The molecule has 0 saturated heterocycles. The van der Waals surface area contributed by atoms with E-state index < -0.39 is 0 Å². The van der Waals surface area contributed by atoms with Crippen molar-refractivity contribution >= 4 is 17.7 Å². The SMILES string of the molecule is Oc1ccc(/C=N/c2c(-c3ccco3)nc3ccccn23)c(O)c1. The Labute approximate surface area is 137 Å². The Morgan fingerprint density at radius 3 is 2.79 bits per heavy atom. The normalized spacial score (nSPS) is 11.5. The average molecular weight is 319 g/mol. The Bertz CT molecular complexity index is 1030. The van der Waals surface area contributed by atoms with Crippen LogP contribution >= 0.6 is 0 Å². The summed E-state index contributed by atoms with van der Waals surface area (Å²) >= 11 is 0. The molecule has 0 atom stereocenters. The molecule has 118 valence electrons. The summed E-state index contributed by atoms with van der Waals surface area (Å²) < 4.78 is 7.29. The lowest BCUT2D eigenvalue weighted by Crippen LogP contribution is -1.85. The van der Waals surface area contributed by atoms with Crippen molar-refractivity contribution in [3.63, 3.8) is 0 Å². The minimum atomic E-state index is -0.0490. The lowest BCUT2D eigenvalue weighted by molar-refractivity contribution is 0.450. The number of pyridine rings is 1. The van der Waals surface area contributed by atoms with Gasteiger partial charge in [0.1, 0.15) is 17.1 Å². The average Bonchev–Trinajstić information content (AvgIpc) is 3.21.